The van der Waals surface area contributed by atoms with Crippen LogP contribution < -0.4 is 10.5 Å². The van der Waals surface area contributed by atoms with Crippen LogP contribution in [0.4, 0.5) is 5.69 Å². The summed E-state index contributed by atoms with van der Waals surface area (Å²) >= 11 is 0. The van der Waals surface area contributed by atoms with E-state index in [2.05, 4.69) is 32.0 Å². The van der Waals surface area contributed by atoms with Crippen LogP contribution in [0.3, 0.4) is 0 Å². The fraction of sp³-hybridized carbons (Fsp3) is 0.400. The van der Waals surface area contributed by atoms with Crippen LogP contribution in [0.1, 0.15) is 43.7 Å². The Bertz CT molecular complexity index is 792. The van der Waals surface area contributed by atoms with Crippen molar-refractivity contribution in [3.05, 3.63) is 64.1 Å². The minimum Gasteiger partial charge on any atom is -0.315 e. The number of benzene rings is 1. The minimum atomic E-state index is -0.0640. The van der Waals surface area contributed by atoms with Crippen molar-refractivity contribution in [2.45, 2.75) is 45.6 Å². The van der Waals surface area contributed by atoms with Gasteiger partial charge in [-0.1, -0.05) is 32.0 Å². The molecule has 3 rings (SSSR count). The van der Waals surface area contributed by atoms with E-state index < -0.39 is 0 Å². The van der Waals surface area contributed by atoms with Crippen molar-refractivity contribution in [1.29, 1.82) is 0 Å². The molecule has 1 amide bonds. The lowest BCUT2D eigenvalue weighted by molar-refractivity contribution is -0.118. The fourth-order valence-electron chi connectivity index (χ4n) is 3.23. The highest BCUT2D eigenvalue weighted by atomic mass is 16.2. The van der Waals surface area contributed by atoms with E-state index in [-0.39, 0.29) is 11.5 Å². The number of hydrogen-bond acceptors (Lipinski definition) is 2. The lowest BCUT2D eigenvalue weighted by Gasteiger charge is -2.30. The number of carbonyl (C=O) groups excluding carboxylic acids is 1. The molecule has 0 fully saturated rings. The molecule has 0 aliphatic carbocycles. The van der Waals surface area contributed by atoms with Gasteiger partial charge >= 0.3 is 0 Å². The molecule has 0 radical (unpaired) electrons. The Kier molecular flexibility index (Phi) is 4.84. The monoisotopic (exact) mass is 324 g/mol. The van der Waals surface area contributed by atoms with Crippen LogP contribution in [0.5, 0.6) is 0 Å². The first kappa shape index (κ1) is 16.5. The molecule has 2 heterocycles. The van der Waals surface area contributed by atoms with Crippen molar-refractivity contribution in [3.8, 4) is 0 Å². The number of nitrogens with zero attached hydrogens (tertiary/aromatic N) is 2. The highest BCUT2D eigenvalue weighted by Crippen LogP contribution is 2.30. The third-order valence-electron chi connectivity index (χ3n) is 4.66. The average molecular weight is 324 g/mol. The molecule has 0 atom stereocenters. The predicted octanol–water partition coefficient (Wildman–Crippen LogP) is 3.34. The van der Waals surface area contributed by atoms with E-state index in [9.17, 15) is 9.59 Å². The average Bonchev–Trinajstić information content (AvgIpc) is 2.59. The maximum absolute atomic E-state index is 12.7. The highest BCUT2D eigenvalue weighted by Gasteiger charge is 2.22. The van der Waals surface area contributed by atoms with Crippen LogP contribution >= 0.6 is 0 Å². The van der Waals surface area contributed by atoms with Gasteiger partial charge in [0.15, 0.2) is 0 Å². The van der Waals surface area contributed by atoms with Crippen molar-refractivity contribution in [2.24, 2.45) is 0 Å². The molecular weight excluding hydrogens is 300 g/mol. The number of carbonyl (C=O) groups is 1. The van der Waals surface area contributed by atoms with Gasteiger partial charge in [0.1, 0.15) is 0 Å². The van der Waals surface area contributed by atoms with Crippen LogP contribution in [0.15, 0.2) is 47.4 Å². The van der Waals surface area contributed by atoms with Crippen LogP contribution in [0.25, 0.3) is 0 Å². The Balaban J connectivity index is 1.75. The zero-order chi connectivity index (χ0) is 17.1. The zero-order valence-electron chi connectivity index (χ0n) is 14.4. The van der Waals surface area contributed by atoms with E-state index >= 15 is 0 Å². The van der Waals surface area contributed by atoms with Crippen LogP contribution in [-0.4, -0.2) is 17.0 Å². The number of rotatable bonds is 4. The van der Waals surface area contributed by atoms with Crippen molar-refractivity contribution in [2.75, 3.05) is 11.4 Å². The first-order valence-corrected chi connectivity index (χ1v) is 8.65. The molecule has 0 unspecified atom stereocenters. The Morgan fingerprint density at radius 1 is 1.21 bits per heavy atom. The Hall–Kier alpha value is -2.36. The summed E-state index contributed by atoms with van der Waals surface area (Å²) in [6.45, 7) is 5.56. The maximum atomic E-state index is 12.7. The molecule has 126 valence electrons. The third-order valence-corrected chi connectivity index (χ3v) is 4.66. The van der Waals surface area contributed by atoms with Gasteiger partial charge < -0.3 is 9.47 Å². The second-order valence-electron chi connectivity index (χ2n) is 6.67. The second-order valence-corrected chi connectivity index (χ2v) is 6.67. The maximum Gasteiger partial charge on any atom is 0.250 e. The largest absolute Gasteiger partial charge is 0.315 e. The van der Waals surface area contributed by atoms with Gasteiger partial charge in [-0.25, -0.2) is 0 Å². The number of amides is 1. The van der Waals surface area contributed by atoms with Gasteiger partial charge in [0.25, 0.3) is 5.56 Å². The molecule has 1 aliphatic heterocycles. The number of fused-ring (bicyclic) bond motifs is 1. The van der Waals surface area contributed by atoms with E-state index in [1.54, 1.807) is 16.8 Å². The first-order valence-electron chi connectivity index (χ1n) is 8.65. The fourth-order valence-corrected chi connectivity index (χ4v) is 3.23. The Morgan fingerprint density at radius 2 is 2.04 bits per heavy atom. The smallest absolute Gasteiger partial charge is 0.250 e. The Labute approximate surface area is 142 Å². The normalized spacial score (nSPS) is 13.9. The van der Waals surface area contributed by atoms with Crippen LogP contribution in [0, 0.1) is 0 Å². The molecule has 0 bridgehead atoms. The van der Waals surface area contributed by atoms with Crippen LogP contribution in [0.2, 0.25) is 0 Å². The van der Waals surface area contributed by atoms with E-state index in [4.69, 9.17) is 0 Å². The lowest BCUT2D eigenvalue weighted by atomic mass is 9.94. The minimum absolute atomic E-state index is 0.0640. The summed E-state index contributed by atoms with van der Waals surface area (Å²) in [7, 11) is 0. The van der Waals surface area contributed by atoms with Crippen molar-refractivity contribution < 1.29 is 4.79 Å². The number of anilines is 1. The molecule has 0 saturated heterocycles. The molecule has 1 aromatic carbocycles. The number of aryl methyl sites for hydroxylation is 2. The summed E-state index contributed by atoms with van der Waals surface area (Å²) < 4.78 is 1.59. The van der Waals surface area contributed by atoms with Crippen molar-refractivity contribution in [3.63, 3.8) is 0 Å². The van der Waals surface area contributed by atoms with Gasteiger partial charge in [0, 0.05) is 37.5 Å². The molecule has 2 aromatic rings. The SMILES string of the molecule is CC(C)c1ccc2c(c1)CCCN2C(=O)CCn1ccccc1=O. The summed E-state index contributed by atoms with van der Waals surface area (Å²) in [5.41, 5.74) is 3.55. The molecule has 0 N–H and O–H groups in total. The van der Waals surface area contributed by atoms with Crippen molar-refractivity contribution in [1.82, 2.24) is 4.57 Å². The number of pyridine rings is 1. The topological polar surface area (TPSA) is 42.3 Å². The van der Waals surface area contributed by atoms with Gasteiger partial charge in [-0.3, -0.25) is 9.59 Å². The quantitative estimate of drug-likeness (QED) is 0.865. The first-order chi connectivity index (χ1) is 11.6. The molecule has 0 saturated carbocycles. The molecule has 4 nitrogen and oxygen atoms in total. The summed E-state index contributed by atoms with van der Waals surface area (Å²) in [5.74, 6) is 0.579. The Morgan fingerprint density at radius 3 is 2.79 bits per heavy atom. The molecular formula is C20H24N2O2. The summed E-state index contributed by atoms with van der Waals surface area (Å²) in [5, 5.41) is 0. The van der Waals surface area contributed by atoms with Crippen molar-refractivity contribution >= 4 is 11.6 Å². The van der Waals surface area contributed by atoms with E-state index in [0.29, 0.717) is 18.9 Å². The molecule has 1 aromatic heterocycles. The predicted molar refractivity (Wildman–Crippen MR) is 96.5 cm³/mol. The zero-order valence-corrected chi connectivity index (χ0v) is 14.4. The number of aromatic nitrogens is 1. The molecule has 4 heteroatoms. The van der Waals surface area contributed by atoms with Gasteiger partial charge in [-0.05, 0) is 42.0 Å². The second kappa shape index (κ2) is 7.04. The van der Waals surface area contributed by atoms with E-state index in [0.717, 1.165) is 25.1 Å². The standard InChI is InChI=1S/C20H24N2O2/c1-15(2)16-8-9-18-17(14-16)6-5-12-22(18)20(24)10-13-21-11-4-3-7-19(21)23/h3-4,7-9,11,14-15H,5-6,10,12-13H2,1-2H3. The van der Waals surface area contributed by atoms with Gasteiger partial charge in [-0.15, -0.1) is 0 Å². The van der Waals surface area contributed by atoms with E-state index in [1.807, 2.05) is 11.0 Å². The van der Waals surface area contributed by atoms with E-state index in [1.165, 1.54) is 17.2 Å². The molecule has 1 aliphatic rings. The van der Waals surface area contributed by atoms with Gasteiger partial charge in [0.05, 0.1) is 0 Å². The highest BCUT2D eigenvalue weighted by molar-refractivity contribution is 5.94. The number of hydrogen-bond donors (Lipinski definition) is 0. The summed E-state index contributed by atoms with van der Waals surface area (Å²) in [4.78, 5) is 26.3. The molecule has 0 spiro atoms. The molecule has 24 heavy (non-hydrogen) atoms. The third kappa shape index (κ3) is 3.42. The van der Waals surface area contributed by atoms with Crippen LogP contribution in [-0.2, 0) is 17.8 Å². The summed E-state index contributed by atoms with van der Waals surface area (Å²) in [6.07, 6.45) is 4.09. The summed E-state index contributed by atoms with van der Waals surface area (Å²) in [6, 6.07) is 11.5. The lowest BCUT2D eigenvalue weighted by Crippen LogP contribution is -2.36. The van der Waals surface area contributed by atoms with Gasteiger partial charge in [0.2, 0.25) is 5.91 Å². The van der Waals surface area contributed by atoms with Gasteiger partial charge in [-0.2, -0.15) is 0 Å².